The summed E-state index contributed by atoms with van der Waals surface area (Å²) >= 11 is 0. The Morgan fingerprint density at radius 2 is 1.38 bits per heavy atom. The molecule has 7 rings (SSSR count). The van der Waals surface area contributed by atoms with Gasteiger partial charge in [0.25, 0.3) is 0 Å². The van der Waals surface area contributed by atoms with Gasteiger partial charge in [-0.3, -0.25) is 9.30 Å². The van der Waals surface area contributed by atoms with Crippen LogP contribution in [-0.2, 0) is 0 Å². The highest BCUT2D eigenvalue weighted by Gasteiger charge is 2.15. The van der Waals surface area contributed by atoms with Gasteiger partial charge in [-0.05, 0) is 66.0 Å². The van der Waals surface area contributed by atoms with Gasteiger partial charge in [0.2, 0.25) is 0 Å². The van der Waals surface area contributed by atoms with Gasteiger partial charge in [0, 0.05) is 41.1 Å². The number of rotatable bonds is 5. The van der Waals surface area contributed by atoms with Crippen LogP contribution in [0, 0.1) is 0 Å². The van der Waals surface area contributed by atoms with Gasteiger partial charge in [0.15, 0.2) is 0 Å². The molecule has 37 heavy (non-hydrogen) atoms. The van der Waals surface area contributed by atoms with E-state index >= 15 is 0 Å². The Labute approximate surface area is 213 Å². The van der Waals surface area contributed by atoms with E-state index in [1.807, 2.05) is 73.1 Å². The smallest absolute Gasteiger partial charge is 0.145 e. The summed E-state index contributed by atoms with van der Waals surface area (Å²) in [5.74, 6) is 2.34. The number of fused-ring (bicyclic) bond motifs is 6. The fourth-order valence-electron chi connectivity index (χ4n) is 4.91. The second-order valence-electron chi connectivity index (χ2n) is 8.80. The zero-order valence-corrected chi connectivity index (χ0v) is 19.9. The molecule has 5 nitrogen and oxygen atoms in total. The molecule has 0 unspecified atom stereocenters. The van der Waals surface area contributed by atoms with Crippen LogP contribution < -0.4 is 9.64 Å². The molecule has 0 saturated carbocycles. The van der Waals surface area contributed by atoms with Crippen LogP contribution in [0.2, 0.25) is 0 Å². The third-order valence-corrected chi connectivity index (χ3v) is 6.53. The van der Waals surface area contributed by atoms with E-state index in [1.54, 1.807) is 6.20 Å². The summed E-state index contributed by atoms with van der Waals surface area (Å²) in [6.45, 7) is 0. The number of hydrogen-bond acceptors (Lipinski definition) is 4. The van der Waals surface area contributed by atoms with E-state index in [0.29, 0.717) is 0 Å². The third-order valence-electron chi connectivity index (χ3n) is 6.53. The van der Waals surface area contributed by atoms with Crippen LogP contribution in [0.3, 0.4) is 0 Å². The summed E-state index contributed by atoms with van der Waals surface area (Å²) in [7, 11) is 0. The van der Waals surface area contributed by atoms with Crippen LogP contribution in [0.1, 0.15) is 0 Å². The number of anilines is 3. The molecule has 0 aliphatic rings. The molecule has 7 aromatic rings. The van der Waals surface area contributed by atoms with Crippen LogP contribution in [0.5, 0.6) is 11.5 Å². The SMILES string of the molecule is c1ccc(N(c2cccc(Oc3ccc4c5ccccc5n5ccnc5c4c3)c2)c2ccccn2)cc1. The molecule has 0 radical (unpaired) electrons. The van der Waals surface area contributed by atoms with E-state index in [-0.39, 0.29) is 0 Å². The van der Waals surface area contributed by atoms with Gasteiger partial charge in [-0.15, -0.1) is 0 Å². The lowest BCUT2D eigenvalue weighted by atomic mass is 10.1. The number of hydrogen-bond donors (Lipinski definition) is 0. The fraction of sp³-hybridized carbons (Fsp3) is 0. The number of nitrogens with zero attached hydrogens (tertiary/aromatic N) is 4. The zero-order chi connectivity index (χ0) is 24.6. The Kier molecular flexibility index (Phi) is 5.03. The summed E-state index contributed by atoms with van der Waals surface area (Å²) in [4.78, 5) is 11.4. The predicted octanol–water partition coefficient (Wildman–Crippen LogP) is 8.30. The molecular formula is C32H22N4O. The van der Waals surface area contributed by atoms with Crippen molar-refractivity contribution in [2.45, 2.75) is 0 Å². The van der Waals surface area contributed by atoms with E-state index in [9.17, 15) is 0 Å². The molecule has 0 aliphatic heterocycles. The van der Waals surface area contributed by atoms with Gasteiger partial charge in [0.1, 0.15) is 23.0 Å². The van der Waals surface area contributed by atoms with Crippen molar-refractivity contribution in [1.82, 2.24) is 14.4 Å². The minimum Gasteiger partial charge on any atom is -0.457 e. The first-order chi connectivity index (χ1) is 18.3. The molecule has 0 amide bonds. The Hall–Kier alpha value is -5.16. The standard InChI is InChI=1S/C32H22N4O/c1-2-9-23(10-3-1)36(31-15-6-7-18-33-31)24-11-8-12-25(21-24)37-26-16-17-27-28-13-4-5-14-30(28)35-20-19-34-32(35)29(27)22-26/h1-22H. The first-order valence-electron chi connectivity index (χ1n) is 12.2. The maximum atomic E-state index is 6.40. The Balaban J connectivity index is 1.30. The van der Waals surface area contributed by atoms with Crippen molar-refractivity contribution in [2.24, 2.45) is 0 Å². The van der Waals surface area contributed by atoms with Crippen molar-refractivity contribution in [3.63, 3.8) is 0 Å². The number of imidazole rings is 1. The highest BCUT2D eigenvalue weighted by atomic mass is 16.5. The molecule has 3 aromatic heterocycles. The predicted molar refractivity (Wildman–Crippen MR) is 149 cm³/mol. The second kappa shape index (κ2) is 8.81. The largest absolute Gasteiger partial charge is 0.457 e. The van der Waals surface area contributed by atoms with E-state index < -0.39 is 0 Å². The Morgan fingerprint density at radius 1 is 0.568 bits per heavy atom. The van der Waals surface area contributed by atoms with Gasteiger partial charge < -0.3 is 4.74 Å². The maximum absolute atomic E-state index is 6.40. The molecule has 0 aliphatic carbocycles. The van der Waals surface area contributed by atoms with E-state index in [0.717, 1.165) is 50.6 Å². The zero-order valence-electron chi connectivity index (χ0n) is 19.9. The summed E-state index contributed by atoms with van der Waals surface area (Å²) in [6, 6.07) is 38.8. The van der Waals surface area contributed by atoms with E-state index in [2.05, 4.69) is 73.9 Å². The molecule has 0 fully saturated rings. The van der Waals surface area contributed by atoms with Crippen molar-refractivity contribution in [3.8, 4) is 11.5 Å². The molecule has 0 spiro atoms. The minimum atomic E-state index is 0.744. The molecule has 176 valence electrons. The van der Waals surface area contributed by atoms with Crippen molar-refractivity contribution >= 4 is 44.5 Å². The van der Waals surface area contributed by atoms with Crippen molar-refractivity contribution < 1.29 is 4.74 Å². The van der Waals surface area contributed by atoms with Crippen molar-refractivity contribution in [3.05, 3.63) is 134 Å². The lowest BCUT2D eigenvalue weighted by Crippen LogP contribution is -2.11. The monoisotopic (exact) mass is 478 g/mol. The number of benzene rings is 4. The Bertz CT molecular complexity index is 1820. The fourth-order valence-corrected chi connectivity index (χ4v) is 4.91. The number of pyridine rings is 2. The van der Waals surface area contributed by atoms with Crippen molar-refractivity contribution in [1.29, 1.82) is 0 Å². The summed E-state index contributed by atoms with van der Waals surface area (Å²) in [5.41, 5.74) is 4.04. The maximum Gasteiger partial charge on any atom is 0.145 e. The average molecular weight is 479 g/mol. The summed E-state index contributed by atoms with van der Waals surface area (Å²) in [5, 5.41) is 3.39. The average Bonchev–Trinajstić information content (AvgIpc) is 3.46. The molecule has 0 bridgehead atoms. The quantitative estimate of drug-likeness (QED) is 0.233. The van der Waals surface area contributed by atoms with E-state index in [1.165, 1.54) is 5.39 Å². The van der Waals surface area contributed by atoms with Gasteiger partial charge in [0.05, 0.1) is 11.2 Å². The van der Waals surface area contributed by atoms with Crippen LogP contribution in [-0.4, -0.2) is 14.4 Å². The molecular weight excluding hydrogens is 456 g/mol. The lowest BCUT2D eigenvalue weighted by molar-refractivity contribution is 0.483. The van der Waals surface area contributed by atoms with Crippen LogP contribution in [0.4, 0.5) is 17.2 Å². The van der Waals surface area contributed by atoms with Crippen LogP contribution in [0.25, 0.3) is 27.3 Å². The normalized spacial score (nSPS) is 11.2. The topological polar surface area (TPSA) is 42.7 Å². The van der Waals surface area contributed by atoms with Gasteiger partial charge in [-0.1, -0.05) is 48.5 Å². The molecule has 0 saturated heterocycles. The number of ether oxygens (including phenoxy) is 1. The third kappa shape index (κ3) is 3.74. The number of aromatic nitrogens is 3. The van der Waals surface area contributed by atoms with Crippen LogP contribution >= 0.6 is 0 Å². The highest BCUT2D eigenvalue weighted by Crippen LogP contribution is 2.37. The molecule has 0 N–H and O–H groups in total. The molecule has 3 heterocycles. The summed E-state index contributed by atoms with van der Waals surface area (Å²) < 4.78 is 8.53. The van der Waals surface area contributed by atoms with Gasteiger partial charge >= 0.3 is 0 Å². The summed E-state index contributed by atoms with van der Waals surface area (Å²) in [6.07, 6.45) is 5.65. The minimum absolute atomic E-state index is 0.744. The first-order valence-corrected chi connectivity index (χ1v) is 12.2. The Morgan fingerprint density at radius 3 is 2.27 bits per heavy atom. The second-order valence-corrected chi connectivity index (χ2v) is 8.80. The highest BCUT2D eigenvalue weighted by molar-refractivity contribution is 6.12. The van der Waals surface area contributed by atoms with Gasteiger partial charge in [-0.2, -0.15) is 0 Å². The lowest BCUT2D eigenvalue weighted by Gasteiger charge is -2.24. The molecule has 0 atom stereocenters. The molecule has 5 heteroatoms. The van der Waals surface area contributed by atoms with Crippen LogP contribution in [0.15, 0.2) is 134 Å². The first kappa shape index (κ1) is 21.1. The van der Waals surface area contributed by atoms with Crippen molar-refractivity contribution in [2.75, 3.05) is 4.90 Å². The van der Waals surface area contributed by atoms with Gasteiger partial charge in [-0.25, -0.2) is 9.97 Å². The molecule has 4 aromatic carbocycles. The van der Waals surface area contributed by atoms with E-state index in [4.69, 9.17) is 4.74 Å². The number of para-hydroxylation sites is 2.